The summed E-state index contributed by atoms with van der Waals surface area (Å²) in [6, 6.07) is 7.86. The molecule has 7 heteroatoms. The Morgan fingerprint density at radius 2 is 2.00 bits per heavy atom. The van der Waals surface area contributed by atoms with E-state index >= 15 is 0 Å². The molecule has 3 atom stereocenters. The lowest BCUT2D eigenvalue weighted by atomic mass is 9.90. The third-order valence-corrected chi connectivity index (χ3v) is 4.50. The molecule has 0 radical (unpaired) electrons. The molecular formula is C16H20ClN3O3. The highest BCUT2D eigenvalue weighted by atomic mass is 35.5. The zero-order chi connectivity index (χ0) is 16.4. The Kier molecular flexibility index (Phi) is 4.75. The molecule has 23 heavy (non-hydrogen) atoms. The van der Waals surface area contributed by atoms with Crippen LogP contribution in [0.25, 0.3) is 0 Å². The van der Waals surface area contributed by atoms with Gasteiger partial charge in [-0.2, -0.15) is 0 Å². The van der Waals surface area contributed by atoms with Crippen LogP contribution in [-0.2, 0) is 9.53 Å². The van der Waals surface area contributed by atoms with E-state index in [0.717, 1.165) is 17.0 Å². The van der Waals surface area contributed by atoms with Crippen LogP contribution in [0.3, 0.4) is 0 Å². The van der Waals surface area contributed by atoms with Crippen molar-refractivity contribution < 1.29 is 14.3 Å². The fraction of sp³-hybridized carbons (Fsp3) is 0.438. The van der Waals surface area contributed by atoms with Gasteiger partial charge in [-0.3, -0.25) is 9.80 Å². The third-order valence-electron chi connectivity index (χ3n) is 4.22. The predicted molar refractivity (Wildman–Crippen MR) is 87.1 cm³/mol. The minimum atomic E-state index is -0.199. The molecule has 6 nitrogen and oxygen atoms in total. The number of fused-ring (bicyclic) bond motifs is 1. The molecule has 2 aliphatic rings. The van der Waals surface area contributed by atoms with Gasteiger partial charge in [0, 0.05) is 24.8 Å². The highest BCUT2D eigenvalue weighted by Gasteiger charge is 2.46. The standard InChI is InChI=1S/C16H20ClN3O3/c1-22-9-13-15(10-3-5-12(23-2)6-4-10)16-18-11(8-17)7-14(21)20(16)19-13/h3-7,13,15-16,18-19H,8-9H2,1-2H3. The zero-order valence-corrected chi connectivity index (χ0v) is 13.8. The smallest absolute Gasteiger partial charge is 0.264 e. The molecule has 1 aromatic carbocycles. The molecule has 0 saturated carbocycles. The van der Waals surface area contributed by atoms with Crippen molar-refractivity contribution >= 4 is 17.5 Å². The average molecular weight is 338 g/mol. The van der Waals surface area contributed by atoms with Gasteiger partial charge in [0.2, 0.25) is 0 Å². The molecule has 2 aliphatic heterocycles. The number of hydrogen-bond donors (Lipinski definition) is 2. The number of carbonyl (C=O) groups is 1. The summed E-state index contributed by atoms with van der Waals surface area (Å²) in [5.74, 6) is 1.02. The molecular weight excluding hydrogens is 318 g/mol. The van der Waals surface area contributed by atoms with E-state index in [9.17, 15) is 4.79 Å². The minimum Gasteiger partial charge on any atom is -0.497 e. The van der Waals surface area contributed by atoms with E-state index < -0.39 is 0 Å². The summed E-state index contributed by atoms with van der Waals surface area (Å²) in [7, 11) is 3.29. The van der Waals surface area contributed by atoms with Gasteiger partial charge >= 0.3 is 0 Å². The van der Waals surface area contributed by atoms with Gasteiger partial charge in [0.15, 0.2) is 0 Å². The lowest BCUT2D eigenvalue weighted by Crippen LogP contribution is -2.53. The van der Waals surface area contributed by atoms with Crippen molar-refractivity contribution in [3.63, 3.8) is 0 Å². The first-order valence-corrected chi connectivity index (χ1v) is 7.96. The lowest BCUT2D eigenvalue weighted by molar-refractivity contribution is -0.131. The van der Waals surface area contributed by atoms with E-state index in [-0.39, 0.29) is 29.9 Å². The second-order valence-electron chi connectivity index (χ2n) is 5.59. The van der Waals surface area contributed by atoms with E-state index in [0.29, 0.717) is 6.61 Å². The Labute approximate surface area is 140 Å². The summed E-state index contributed by atoms with van der Waals surface area (Å²) in [6.45, 7) is 0.495. The van der Waals surface area contributed by atoms with Gasteiger partial charge in [0.05, 0.1) is 25.6 Å². The van der Waals surface area contributed by atoms with Gasteiger partial charge in [0.1, 0.15) is 11.9 Å². The van der Waals surface area contributed by atoms with Crippen LogP contribution in [0.15, 0.2) is 36.0 Å². The number of benzene rings is 1. The van der Waals surface area contributed by atoms with Crippen molar-refractivity contribution in [1.82, 2.24) is 15.8 Å². The van der Waals surface area contributed by atoms with Gasteiger partial charge < -0.3 is 14.8 Å². The molecule has 1 saturated heterocycles. The van der Waals surface area contributed by atoms with Crippen LogP contribution in [0, 0.1) is 0 Å². The number of hydrazine groups is 1. The molecule has 0 aliphatic carbocycles. The van der Waals surface area contributed by atoms with Crippen LogP contribution < -0.4 is 15.5 Å². The molecule has 124 valence electrons. The molecule has 3 rings (SSSR count). The van der Waals surface area contributed by atoms with E-state index in [4.69, 9.17) is 21.1 Å². The number of nitrogens with zero attached hydrogens (tertiary/aromatic N) is 1. The third kappa shape index (κ3) is 3.02. The molecule has 3 unspecified atom stereocenters. The number of ether oxygens (including phenoxy) is 2. The largest absolute Gasteiger partial charge is 0.497 e. The highest BCUT2D eigenvalue weighted by Crippen LogP contribution is 2.34. The van der Waals surface area contributed by atoms with Crippen molar-refractivity contribution in [3.05, 3.63) is 41.6 Å². The Morgan fingerprint density at radius 1 is 1.26 bits per heavy atom. The maximum Gasteiger partial charge on any atom is 0.264 e. The number of rotatable bonds is 5. The number of carbonyl (C=O) groups excluding carboxylic acids is 1. The predicted octanol–water partition coefficient (Wildman–Crippen LogP) is 1.19. The number of nitrogens with one attached hydrogen (secondary N) is 2. The molecule has 2 N–H and O–H groups in total. The maximum atomic E-state index is 12.3. The van der Waals surface area contributed by atoms with E-state index in [2.05, 4.69) is 10.7 Å². The molecule has 1 aromatic rings. The first-order chi connectivity index (χ1) is 11.2. The van der Waals surface area contributed by atoms with Crippen LogP contribution in [0.2, 0.25) is 0 Å². The second-order valence-corrected chi connectivity index (χ2v) is 5.86. The number of allylic oxidation sites excluding steroid dienone is 1. The van der Waals surface area contributed by atoms with Gasteiger partial charge in [0.25, 0.3) is 5.91 Å². The zero-order valence-electron chi connectivity index (χ0n) is 13.1. The topological polar surface area (TPSA) is 62.8 Å². The van der Waals surface area contributed by atoms with Gasteiger partial charge in [-0.05, 0) is 17.7 Å². The van der Waals surface area contributed by atoms with Gasteiger partial charge in [-0.1, -0.05) is 12.1 Å². The SMILES string of the molecule is COCC1NN2C(=O)C=C(CCl)NC2C1c1ccc(OC)cc1. The van der Waals surface area contributed by atoms with E-state index in [1.807, 2.05) is 24.3 Å². The summed E-state index contributed by atoms with van der Waals surface area (Å²) >= 11 is 5.90. The first-order valence-electron chi connectivity index (χ1n) is 7.43. The van der Waals surface area contributed by atoms with Crippen molar-refractivity contribution in [2.75, 3.05) is 26.7 Å². The van der Waals surface area contributed by atoms with E-state index in [1.165, 1.54) is 6.08 Å². The Bertz CT molecular complexity index is 605. The van der Waals surface area contributed by atoms with Crippen LogP contribution in [0.4, 0.5) is 0 Å². The fourth-order valence-corrected chi connectivity index (χ4v) is 3.32. The monoisotopic (exact) mass is 337 g/mol. The van der Waals surface area contributed by atoms with Crippen molar-refractivity contribution in [1.29, 1.82) is 0 Å². The number of alkyl halides is 1. The summed E-state index contributed by atoms with van der Waals surface area (Å²) in [5, 5.41) is 4.97. The number of amides is 1. The number of hydrogen-bond acceptors (Lipinski definition) is 5. The molecule has 1 amide bonds. The Morgan fingerprint density at radius 3 is 2.61 bits per heavy atom. The first kappa shape index (κ1) is 16.1. The summed E-state index contributed by atoms with van der Waals surface area (Å²) < 4.78 is 10.5. The van der Waals surface area contributed by atoms with Crippen molar-refractivity contribution in [2.45, 2.75) is 18.1 Å². The number of halogens is 1. The van der Waals surface area contributed by atoms with Crippen LogP contribution >= 0.6 is 11.6 Å². The summed E-state index contributed by atoms with van der Waals surface area (Å²) in [4.78, 5) is 12.3. The lowest BCUT2D eigenvalue weighted by Gasteiger charge is -2.32. The van der Waals surface area contributed by atoms with Crippen LogP contribution in [0.5, 0.6) is 5.75 Å². The maximum absolute atomic E-state index is 12.3. The normalized spacial score (nSPS) is 26.6. The highest BCUT2D eigenvalue weighted by molar-refractivity contribution is 6.19. The Hall–Kier alpha value is -1.76. The summed E-state index contributed by atoms with van der Waals surface area (Å²) in [5.41, 5.74) is 5.08. The fourth-order valence-electron chi connectivity index (χ4n) is 3.16. The van der Waals surface area contributed by atoms with Gasteiger partial charge in [-0.25, -0.2) is 5.43 Å². The molecule has 0 aromatic heterocycles. The van der Waals surface area contributed by atoms with E-state index in [1.54, 1.807) is 19.2 Å². The van der Waals surface area contributed by atoms with Gasteiger partial charge in [-0.15, -0.1) is 11.6 Å². The molecule has 2 heterocycles. The van der Waals surface area contributed by atoms with Crippen LogP contribution in [-0.4, -0.2) is 49.8 Å². The molecule has 0 bridgehead atoms. The second kappa shape index (κ2) is 6.78. The van der Waals surface area contributed by atoms with Crippen molar-refractivity contribution in [3.8, 4) is 5.75 Å². The minimum absolute atomic E-state index is 0.0158. The number of methoxy groups -OCH3 is 2. The summed E-state index contributed by atoms with van der Waals surface area (Å²) in [6.07, 6.45) is 1.33. The molecule has 1 fully saturated rings. The van der Waals surface area contributed by atoms with Crippen LogP contribution in [0.1, 0.15) is 11.5 Å². The molecule has 0 spiro atoms. The average Bonchev–Trinajstić information content (AvgIpc) is 2.94. The van der Waals surface area contributed by atoms with Crippen molar-refractivity contribution in [2.24, 2.45) is 0 Å². The quantitative estimate of drug-likeness (QED) is 0.790. The Balaban J connectivity index is 1.93.